The maximum Gasteiger partial charge on any atom is 0.214 e. The molecule has 37 heavy (non-hydrogen) atoms. The van der Waals surface area contributed by atoms with E-state index in [1.54, 1.807) is 4.31 Å². The van der Waals surface area contributed by atoms with Crippen LogP contribution in [0.3, 0.4) is 0 Å². The first-order chi connectivity index (χ1) is 17.4. The second-order valence-corrected chi connectivity index (χ2v) is 13.3. The molecule has 0 spiro atoms. The molecule has 0 radical (unpaired) electrons. The van der Waals surface area contributed by atoms with E-state index in [9.17, 15) is 22.0 Å². The minimum atomic E-state index is -3.35. The van der Waals surface area contributed by atoms with Crippen LogP contribution < -0.4 is 16.4 Å². The van der Waals surface area contributed by atoms with E-state index in [1.807, 2.05) is 0 Å². The third kappa shape index (κ3) is 6.82. The third-order valence-corrected chi connectivity index (χ3v) is 9.71. The van der Waals surface area contributed by atoms with Crippen molar-refractivity contribution >= 4 is 38.1 Å². The molecule has 2 saturated heterocycles. The first-order valence-corrected chi connectivity index (χ1v) is 14.8. The second kappa shape index (κ2) is 11.3. The first kappa shape index (κ1) is 27.8. The number of piperidine rings is 1. The van der Waals surface area contributed by atoms with E-state index in [2.05, 4.69) is 34.4 Å². The molecule has 4 N–H and O–H groups in total. The number of benzene rings is 1. The zero-order valence-electron chi connectivity index (χ0n) is 21.1. The van der Waals surface area contributed by atoms with E-state index >= 15 is 0 Å². The Morgan fingerprint density at radius 2 is 1.92 bits per heavy atom. The molecule has 0 atom stereocenters. The average Bonchev–Trinajstić information content (AvgIpc) is 3.18. The standard InChI is InChI=1S/C24H34F2N6O3S2/c1-24(2)15-31(13-9-28-24)10-4-14-37(34,35)32-11-7-16(8-12-32)29-23-30-22(27)21(36-23)20(33)19-17(25)5-3-6-18(19)26/h3,5-6,16,28H,4,7-15,27H2,1-2H3,(H,29,30). The number of carbonyl (C=O) groups is 1. The predicted octanol–water partition coefficient (Wildman–Crippen LogP) is 2.51. The molecule has 0 amide bonds. The van der Waals surface area contributed by atoms with Crippen LogP contribution in [-0.2, 0) is 10.0 Å². The zero-order chi connectivity index (χ0) is 26.8. The molecule has 2 aliphatic rings. The fraction of sp³-hybridized carbons (Fsp3) is 0.583. The number of piperazine rings is 1. The molecular formula is C24H34F2N6O3S2. The molecular weight excluding hydrogens is 522 g/mol. The van der Waals surface area contributed by atoms with E-state index in [-0.39, 0.29) is 28.0 Å². The van der Waals surface area contributed by atoms with Crippen molar-refractivity contribution in [1.82, 2.24) is 19.5 Å². The van der Waals surface area contributed by atoms with Gasteiger partial charge in [-0.2, -0.15) is 0 Å². The lowest BCUT2D eigenvalue weighted by atomic mass is 10.0. The van der Waals surface area contributed by atoms with Gasteiger partial charge in [-0.1, -0.05) is 17.4 Å². The molecule has 0 unspecified atom stereocenters. The fourth-order valence-electron chi connectivity index (χ4n) is 4.87. The Kier molecular flexibility index (Phi) is 8.48. The number of nitrogens with zero attached hydrogens (tertiary/aromatic N) is 3. The molecule has 0 aliphatic carbocycles. The largest absolute Gasteiger partial charge is 0.382 e. The van der Waals surface area contributed by atoms with Gasteiger partial charge in [0.15, 0.2) is 5.13 Å². The summed E-state index contributed by atoms with van der Waals surface area (Å²) in [6.45, 7) is 8.54. The average molecular weight is 557 g/mol. The number of hydrogen-bond donors (Lipinski definition) is 3. The second-order valence-electron chi connectivity index (χ2n) is 10.2. The van der Waals surface area contributed by atoms with E-state index in [0.29, 0.717) is 37.5 Å². The van der Waals surface area contributed by atoms with Crippen LogP contribution in [0.5, 0.6) is 0 Å². The number of sulfonamides is 1. The van der Waals surface area contributed by atoms with E-state index in [1.165, 1.54) is 6.07 Å². The summed E-state index contributed by atoms with van der Waals surface area (Å²) in [5.41, 5.74) is 5.25. The number of aromatic nitrogens is 1. The number of ketones is 1. The number of nitrogen functional groups attached to an aromatic ring is 1. The molecule has 3 heterocycles. The lowest BCUT2D eigenvalue weighted by Gasteiger charge is -2.39. The Morgan fingerprint density at radius 1 is 1.24 bits per heavy atom. The molecule has 9 nitrogen and oxygen atoms in total. The topological polar surface area (TPSA) is 121 Å². The summed E-state index contributed by atoms with van der Waals surface area (Å²) in [4.78, 5) is 19.1. The maximum atomic E-state index is 14.0. The van der Waals surface area contributed by atoms with Crippen LogP contribution >= 0.6 is 11.3 Å². The van der Waals surface area contributed by atoms with E-state index in [4.69, 9.17) is 5.73 Å². The molecule has 1 aromatic heterocycles. The number of nitrogens with one attached hydrogen (secondary N) is 2. The van der Waals surface area contributed by atoms with Crippen LogP contribution in [0.1, 0.15) is 48.3 Å². The van der Waals surface area contributed by atoms with Gasteiger partial charge in [0.2, 0.25) is 15.8 Å². The smallest absolute Gasteiger partial charge is 0.214 e. The Bertz CT molecular complexity index is 1210. The summed E-state index contributed by atoms with van der Waals surface area (Å²) in [6, 6.07) is 3.15. The van der Waals surface area contributed by atoms with Gasteiger partial charge >= 0.3 is 0 Å². The van der Waals surface area contributed by atoms with E-state index < -0.39 is 33.0 Å². The molecule has 1 aromatic carbocycles. The molecule has 0 bridgehead atoms. The number of carbonyl (C=O) groups excluding carboxylic acids is 1. The van der Waals surface area contributed by atoms with Crippen molar-refractivity contribution in [2.45, 2.75) is 44.7 Å². The number of hydrogen-bond acceptors (Lipinski definition) is 9. The predicted molar refractivity (Wildman–Crippen MR) is 141 cm³/mol. The van der Waals surface area contributed by atoms with Crippen molar-refractivity contribution < 1.29 is 22.0 Å². The zero-order valence-corrected chi connectivity index (χ0v) is 22.7. The van der Waals surface area contributed by atoms with Gasteiger partial charge in [-0.05, 0) is 51.8 Å². The maximum absolute atomic E-state index is 14.0. The van der Waals surface area contributed by atoms with Gasteiger partial charge in [0.25, 0.3) is 0 Å². The fourth-order valence-corrected chi connectivity index (χ4v) is 7.30. The summed E-state index contributed by atoms with van der Waals surface area (Å²) < 4.78 is 55.4. The van der Waals surface area contributed by atoms with Crippen LogP contribution in [-0.4, -0.2) is 85.0 Å². The summed E-state index contributed by atoms with van der Waals surface area (Å²) in [7, 11) is -3.35. The van der Waals surface area contributed by atoms with Gasteiger partial charge in [0.05, 0.1) is 11.3 Å². The van der Waals surface area contributed by atoms with Gasteiger partial charge in [-0.25, -0.2) is 26.5 Å². The molecule has 0 saturated carbocycles. The molecule has 2 fully saturated rings. The van der Waals surface area contributed by atoms with Crippen molar-refractivity contribution in [1.29, 1.82) is 0 Å². The molecule has 4 rings (SSSR count). The highest BCUT2D eigenvalue weighted by atomic mass is 32.2. The van der Waals surface area contributed by atoms with Crippen LogP contribution in [0.2, 0.25) is 0 Å². The number of anilines is 2. The highest BCUT2D eigenvalue weighted by Gasteiger charge is 2.30. The highest BCUT2D eigenvalue weighted by Crippen LogP contribution is 2.30. The summed E-state index contributed by atoms with van der Waals surface area (Å²) in [5, 5.41) is 7.01. The van der Waals surface area contributed by atoms with Gasteiger partial charge in [0.1, 0.15) is 22.3 Å². The van der Waals surface area contributed by atoms with Crippen LogP contribution in [0, 0.1) is 11.6 Å². The number of halogens is 2. The minimum Gasteiger partial charge on any atom is -0.382 e. The van der Waals surface area contributed by atoms with Crippen LogP contribution in [0.4, 0.5) is 19.7 Å². The number of nitrogens with two attached hydrogens (primary N) is 1. The van der Waals surface area contributed by atoms with Gasteiger partial charge in [0, 0.05) is 44.3 Å². The number of thiazole rings is 1. The minimum absolute atomic E-state index is 0.0378. The normalized spacial score (nSPS) is 19.7. The Labute approximate surface area is 220 Å². The molecule has 2 aliphatic heterocycles. The quantitative estimate of drug-likeness (QED) is 0.403. The molecule has 204 valence electrons. The van der Waals surface area contributed by atoms with Crippen molar-refractivity contribution in [2.75, 3.05) is 56.1 Å². The Hall–Kier alpha value is -2.19. The van der Waals surface area contributed by atoms with Crippen LogP contribution in [0.15, 0.2) is 18.2 Å². The van der Waals surface area contributed by atoms with Crippen molar-refractivity contribution in [3.05, 3.63) is 40.3 Å². The van der Waals surface area contributed by atoms with E-state index in [0.717, 1.165) is 49.6 Å². The Balaban J connectivity index is 1.28. The van der Waals surface area contributed by atoms with Crippen molar-refractivity contribution in [2.24, 2.45) is 0 Å². The summed E-state index contributed by atoms with van der Waals surface area (Å²) in [6.07, 6.45) is 1.72. The molecule has 13 heteroatoms. The first-order valence-electron chi connectivity index (χ1n) is 12.4. The summed E-state index contributed by atoms with van der Waals surface area (Å²) >= 11 is 0.933. The Morgan fingerprint density at radius 3 is 2.57 bits per heavy atom. The summed E-state index contributed by atoms with van der Waals surface area (Å²) in [5.74, 6) is -2.76. The molecule has 2 aromatic rings. The van der Waals surface area contributed by atoms with Gasteiger partial charge < -0.3 is 21.3 Å². The monoisotopic (exact) mass is 556 g/mol. The van der Waals surface area contributed by atoms with Crippen molar-refractivity contribution in [3.8, 4) is 0 Å². The van der Waals surface area contributed by atoms with Gasteiger partial charge in [-0.15, -0.1) is 0 Å². The lowest BCUT2D eigenvalue weighted by Crippen LogP contribution is -2.57. The van der Waals surface area contributed by atoms with Gasteiger partial charge in [-0.3, -0.25) is 4.79 Å². The SMILES string of the molecule is CC1(C)CN(CCCS(=O)(=O)N2CCC(Nc3nc(N)c(C(=O)c4c(F)cccc4F)s3)CC2)CCN1. The number of rotatable bonds is 9. The van der Waals surface area contributed by atoms with Crippen LogP contribution in [0.25, 0.3) is 0 Å². The third-order valence-electron chi connectivity index (χ3n) is 6.75. The lowest BCUT2D eigenvalue weighted by molar-refractivity contribution is 0.103. The highest BCUT2D eigenvalue weighted by molar-refractivity contribution is 7.89. The van der Waals surface area contributed by atoms with Crippen molar-refractivity contribution in [3.63, 3.8) is 0 Å².